The van der Waals surface area contributed by atoms with Gasteiger partial charge >= 0.3 is 6.18 Å². The van der Waals surface area contributed by atoms with Crippen molar-refractivity contribution in [3.05, 3.63) is 82.0 Å². The van der Waals surface area contributed by atoms with Crippen molar-refractivity contribution in [2.75, 3.05) is 5.32 Å². The van der Waals surface area contributed by atoms with Crippen molar-refractivity contribution in [3.63, 3.8) is 0 Å². The summed E-state index contributed by atoms with van der Waals surface area (Å²) in [5.41, 5.74) is -0.546. The fraction of sp³-hybridized carbons (Fsp3) is 0.0500. The van der Waals surface area contributed by atoms with Gasteiger partial charge in [-0.3, -0.25) is 4.79 Å². The molecule has 0 bridgehead atoms. The van der Waals surface area contributed by atoms with Crippen LogP contribution in [0.4, 0.5) is 18.9 Å². The minimum atomic E-state index is -4.57. The lowest BCUT2D eigenvalue weighted by Crippen LogP contribution is -2.14. The average Bonchev–Trinajstić information content (AvgIpc) is 3.11. The third kappa shape index (κ3) is 4.77. The third-order valence-electron chi connectivity index (χ3n) is 3.72. The lowest BCUT2D eigenvalue weighted by molar-refractivity contribution is -0.136. The molecule has 2 aromatic carbocycles. The Morgan fingerprint density at radius 2 is 1.75 bits per heavy atom. The highest BCUT2D eigenvalue weighted by atomic mass is 35.5. The first-order chi connectivity index (χ1) is 13.2. The minimum Gasteiger partial charge on any atom is -0.457 e. The van der Waals surface area contributed by atoms with Crippen molar-refractivity contribution in [2.24, 2.45) is 0 Å². The number of alkyl halides is 3. The van der Waals surface area contributed by atoms with Crippen LogP contribution in [0.2, 0.25) is 10.0 Å². The highest BCUT2D eigenvalue weighted by Gasteiger charge is 2.33. The molecule has 3 rings (SSSR count). The highest BCUT2D eigenvalue weighted by molar-refractivity contribution is 6.42. The van der Waals surface area contributed by atoms with E-state index in [0.29, 0.717) is 27.1 Å². The van der Waals surface area contributed by atoms with Crippen LogP contribution in [0.1, 0.15) is 11.3 Å². The quantitative estimate of drug-likeness (QED) is 0.460. The molecule has 0 aliphatic heterocycles. The van der Waals surface area contributed by atoms with Crippen molar-refractivity contribution in [1.82, 2.24) is 0 Å². The largest absolute Gasteiger partial charge is 0.457 e. The molecule has 3 aromatic rings. The van der Waals surface area contributed by atoms with Crippen LogP contribution in [0.5, 0.6) is 0 Å². The van der Waals surface area contributed by atoms with Crippen LogP contribution in [0.3, 0.4) is 0 Å². The molecule has 28 heavy (non-hydrogen) atoms. The molecule has 0 unspecified atom stereocenters. The van der Waals surface area contributed by atoms with E-state index in [-0.39, 0.29) is 5.69 Å². The summed E-state index contributed by atoms with van der Waals surface area (Å²) in [4.78, 5) is 12.0. The summed E-state index contributed by atoms with van der Waals surface area (Å²) in [6.07, 6.45) is -2.12. The molecule has 0 radical (unpaired) electrons. The zero-order valence-electron chi connectivity index (χ0n) is 14.1. The predicted octanol–water partition coefficient (Wildman–Crippen LogP) is 6.92. The Morgan fingerprint density at radius 3 is 2.46 bits per heavy atom. The van der Waals surface area contributed by atoms with Crippen molar-refractivity contribution in [2.45, 2.75) is 6.18 Å². The molecule has 0 aliphatic rings. The first-order valence-corrected chi connectivity index (χ1v) is 8.70. The Kier molecular flexibility index (Phi) is 5.82. The van der Waals surface area contributed by atoms with Gasteiger partial charge in [-0.2, -0.15) is 13.2 Å². The topological polar surface area (TPSA) is 42.2 Å². The zero-order chi connectivity index (χ0) is 20.3. The van der Waals surface area contributed by atoms with E-state index in [1.54, 1.807) is 30.3 Å². The Bertz CT molecular complexity index is 1040. The fourth-order valence-electron chi connectivity index (χ4n) is 2.42. The number of hydrogen-bond acceptors (Lipinski definition) is 2. The minimum absolute atomic E-state index is 0.319. The highest BCUT2D eigenvalue weighted by Crippen LogP contribution is 2.34. The first-order valence-electron chi connectivity index (χ1n) is 7.94. The number of benzene rings is 2. The standard InChI is InChI=1S/C20H12Cl2F3NO2/c21-15-8-5-12(11-16(15)22)18-9-6-13(28-18)7-10-19(27)26-17-4-2-1-3-14(17)20(23,24)25/h1-11H,(H,26,27)/b10-7+. The second-order valence-corrected chi connectivity index (χ2v) is 6.51. The number of carbonyl (C=O) groups is 1. The van der Waals surface area contributed by atoms with E-state index in [9.17, 15) is 18.0 Å². The van der Waals surface area contributed by atoms with Crippen LogP contribution in [-0.4, -0.2) is 5.91 Å². The SMILES string of the molecule is O=C(/C=C/c1ccc(-c2ccc(Cl)c(Cl)c2)o1)Nc1ccccc1C(F)(F)F. The average molecular weight is 426 g/mol. The van der Waals surface area contributed by atoms with Gasteiger partial charge in [0.1, 0.15) is 11.5 Å². The Hall–Kier alpha value is -2.70. The van der Waals surface area contributed by atoms with Gasteiger partial charge in [-0.05, 0) is 48.5 Å². The summed E-state index contributed by atoms with van der Waals surface area (Å²) in [5.74, 6) is 0.130. The first kappa shape index (κ1) is 20.0. The van der Waals surface area contributed by atoms with E-state index in [1.807, 2.05) is 0 Å². The molecule has 144 valence electrons. The molecule has 0 saturated carbocycles. The van der Waals surface area contributed by atoms with Crippen LogP contribution in [-0.2, 0) is 11.0 Å². The number of furan rings is 1. The lowest BCUT2D eigenvalue weighted by atomic mass is 10.1. The normalized spacial score (nSPS) is 11.8. The Balaban J connectivity index is 1.72. The Morgan fingerprint density at radius 1 is 1.00 bits per heavy atom. The molecule has 0 fully saturated rings. The molecule has 1 heterocycles. The van der Waals surface area contributed by atoms with Crippen LogP contribution in [0, 0.1) is 0 Å². The third-order valence-corrected chi connectivity index (χ3v) is 4.46. The molecule has 0 aliphatic carbocycles. The van der Waals surface area contributed by atoms with Gasteiger partial charge in [0.25, 0.3) is 0 Å². The Labute approximate surface area is 168 Å². The maximum atomic E-state index is 13.0. The van der Waals surface area contributed by atoms with Crippen molar-refractivity contribution in [3.8, 4) is 11.3 Å². The van der Waals surface area contributed by atoms with Crippen LogP contribution >= 0.6 is 23.2 Å². The van der Waals surface area contributed by atoms with Gasteiger partial charge in [0, 0.05) is 11.6 Å². The van der Waals surface area contributed by atoms with Gasteiger partial charge < -0.3 is 9.73 Å². The fourth-order valence-corrected chi connectivity index (χ4v) is 2.72. The smallest absolute Gasteiger partial charge is 0.418 e. The monoisotopic (exact) mass is 425 g/mol. The summed E-state index contributed by atoms with van der Waals surface area (Å²) in [5, 5.41) is 3.00. The second kappa shape index (κ2) is 8.12. The lowest BCUT2D eigenvalue weighted by Gasteiger charge is -2.12. The molecule has 1 amide bonds. The predicted molar refractivity (Wildman–Crippen MR) is 103 cm³/mol. The van der Waals surface area contributed by atoms with Gasteiger partial charge in [0.15, 0.2) is 0 Å². The van der Waals surface area contributed by atoms with Crippen LogP contribution in [0.15, 0.2) is 65.1 Å². The molecule has 0 spiro atoms. The molecular formula is C20H12Cl2F3NO2. The van der Waals surface area contributed by atoms with Gasteiger partial charge in [-0.15, -0.1) is 0 Å². The van der Waals surface area contributed by atoms with Crippen molar-refractivity contribution >= 4 is 40.9 Å². The summed E-state index contributed by atoms with van der Waals surface area (Å²) in [6, 6.07) is 13.0. The summed E-state index contributed by atoms with van der Waals surface area (Å²) < 4.78 is 44.5. The van der Waals surface area contributed by atoms with Gasteiger partial charge in [0.2, 0.25) is 5.91 Å². The van der Waals surface area contributed by atoms with E-state index in [4.69, 9.17) is 27.6 Å². The summed E-state index contributed by atoms with van der Waals surface area (Å²) >= 11 is 11.8. The zero-order valence-corrected chi connectivity index (χ0v) is 15.6. The molecule has 8 heteroatoms. The number of anilines is 1. The number of para-hydroxylation sites is 1. The maximum absolute atomic E-state index is 13.0. The van der Waals surface area contributed by atoms with Crippen LogP contribution < -0.4 is 5.32 Å². The number of amides is 1. The van der Waals surface area contributed by atoms with Crippen LogP contribution in [0.25, 0.3) is 17.4 Å². The van der Waals surface area contributed by atoms with Crippen molar-refractivity contribution in [1.29, 1.82) is 0 Å². The maximum Gasteiger partial charge on any atom is 0.418 e. The molecule has 1 N–H and O–H groups in total. The van der Waals surface area contributed by atoms with Crippen molar-refractivity contribution < 1.29 is 22.4 Å². The number of hydrogen-bond donors (Lipinski definition) is 1. The number of halogens is 5. The number of nitrogens with one attached hydrogen (secondary N) is 1. The second-order valence-electron chi connectivity index (χ2n) is 5.70. The molecule has 0 saturated heterocycles. The summed E-state index contributed by atoms with van der Waals surface area (Å²) in [7, 11) is 0. The van der Waals surface area contributed by atoms with Gasteiger partial charge in [0.05, 0.1) is 21.3 Å². The molecule has 0 atom stereocenters. The van der Waals surface area contributed by atoms with Gasteiger partial charge in [-0.1, -0.05) is 35.3 Å². The number of rotatable bonds is 4. The van der Waals surface area contributed by atoms with E-state index in [2.05, 4.69) is 5.32 Å². The van der Waals surface area contributed by atoms with E-state index in [1.165, 1.54) is 24.3 Å². The van der Waals surface area contributed by atoms with E-state index in [0.717, 1.165) is 12.1 Å². The molecule has 1 aromatic heterocycles. The van der Waals surface area contributed by atoms with E-state index < -0.39 is 17.6 Å². The summed E-state index contributed by atoms with van der Waals surface area (Å²) in [6.45, 7) is 0. The molecular weight excluding hydrogens is 414 g/mol. The van der Waals surface area contributed by atoms with Gasteiger partial charge in [-0.25, -0.2) is 0 Å². The number of carbonyl (C=O) groups excluding carboxylic acids is 1. The molecule has 3 nitrogen and oxygen atoms in total. The van der Waals surface area contributed by atoms with E-state index >= 15 is 0 Å².